The molecule has 0 saturated heterocycles. The Labute approximate surface area is 193 Å². The first-order chi connectivity index (χ1) is 15.8. The second kappa shape index (κ2) is 8.56. The Balaban J connectivity index is 1.53. The molecule has 4 heterocycles. The van der Waals surface area contributed by atoms with Gasteiger partial charge in [0.05, 0.1) is 41.9 Å². The van der Waals surface area contributed by atoms with Crippen LogP contribution in [0.15, 0.2) is 59.7 Å². The zero-order valence-corrected chi connectivity index (χ0v) is 19.4. The smallest absolute Gasteiger partial charge is 0.137 e. The SMILES string of the molecule is CC(C)(C)Nc1cc(-c2cnc3ccc(NC4CCCC(O)C4)cn23)cc(-c2ccoc2)n1. The third-order valence-electron chi connectivity index (χ3n) is 5.96. The molecule has 0 aromatic carbocycles. The second-order valence-electron chi connectivity index (χ2n) is 9.96. The number of anilines is 2. The van der Waals surface area contributed by atoms with Gasteiger partial charge in [-0.15, -0.1) is 0 Å². The second-order valence-corrected chi connectivity index (χ2v) is 9.96. The van der Waals surface area contributed by atoms with Gasteiger partial charge in [0.15, 0.2) is 0 Å². The third-order valence-corrected chi connectivity index (χ3v) is 5.96. The summed E-state index contributed by atoms with van der Waals surface area (Å²) in [6.07, 6.45) is 11.0. The van der Waals surface area contributed by atoms with E-state index in [-0.39, 0.29) is 17.7 Å². The van der Waals surface area contributed by atoms with Crippen LogP contribution in [0.25, 0.3) is 28.2 Å². The number of aliphatic hydroxyl groups excluding tert-OH is 1. The van der Waals surface area contributed by atoms with Crippen molar-refractivity contribution in [2.45, 2.75) is 64.1 Å². The zero-order chi connectivity index (χ0) is 23.0. The van der Waals surface area contributed by atoms with Gasteiger partial charge in [0.25, 0.3) is 0 Å². The monoisotopic (exact) mass is 445 g/mol. The Bertz CT molecular complexity index is 1240. The molecule has 172 valence electrons. The Morgan fingerprint density at radius 2 is 2.00 bits per heavy atom. The Kier molecular flexibility index (Phi) is 5.58. The molecule has 7 heteroatoms. The Morgan fingerprint density at radius 1 is 1.12 bits per heavy atom. The van der Waals surface area contributed by atoms with E-state index < -0.39 is 0 Å². The largest absolute Gasteiger partial charge is 0.472 e. The first-order valence-electron chi connectivity index (χ1n) is 11.6. The molecule has 1 aliphatic carbocycles. The van der Waals surface area contributed by atoms with Crippen molar-refractivity contribution >= 4 is 17.2 Å². The molecule has 0 bridgehead atoms. The molecule has 1 saturated carbocycles. The number of aromatic nitrogens is 3. The lowest BCUT2D eigenvalue weighted by atomic mass is 9.93. The summed E-state index contributed by atoms with van der Waals surface area (Å²) in [5, 5.41) is 17.1. The van der Waals surface area contributed by atoms with Crippen LogP contribution in [0.3, 0.4) is 0 Å². The Morgan fingerprint density at radius 3 is 2.76 bits per heavy atom. The van der Waals surface area contributed by atoms with Crippen LogP contribution in [-0.2, 0) is 0 Å². The van der Waals surface area contributed by atoms with E-state index in [2.05, 4.69) is 65.2 Å². The predicted octanol–water partition coefficient (Wildman–Crippen LogP) is 5.58. The summed E-state index contributed by atoms with van der Waals surface area (Å²) in [6, 6.07) is 10.4. The standard InChI is InChI=1S/C26H31N5O2/c1-26(2,3)30-24-12-18(11-22(29-24)17-9-10-33-16-17)23-14-27-25-8-7-20(15-31(23)25)28-19-5-4-6-21(32)13-19/h7-12,14-16,19,21,28,32H,4-6,13H2,1-3H3,(H,29,30). The molecule has 0 amide bonds. The van der Waals surface area contributed by atoms with Gasteiger partial charge in [-0.3, -0.25) is 4.40 Å². The summed E-state index contributed by atoms with van der Waals surface area (Å²) in [5.74, 6) is 0.802. The van der Waals surface area contributed by atoms with Crippen LogP contribution in [0.5, 0.6) is 0 Å². The maximum atomic E-state index is 10.0. The van der Waals surface area contributed by atoms with E-state index in [0.29, 0.717) is 0 Å². The molecular formula is C26H31N5O2. The summed E-state index contributed by atoms with van der Waals surface area (Å²) < 4.78 is 7.41. The number of furan rings is 1. The molecule has 4 aromatic heterocycles. The fraction of sp³-hybridized carbons (Fsp3) is 0.385. The number of hydrogen-bond donors (Lipinski definition) is 3. The number of nitrogens with one attached hydrogen (secondary N) is 2. The quantitative estimate of drug-likeness (QED) is 0.372. The minimum atomic E-state index is -0.212. The number of imidazole rings is 1. The molecule has 0 radical (unpaired) electrons. The van der Waals surface area contributed by atoms with Gasteiger partial charge >= 0.3 is 0 Å². The number of hydrogen-bond acceptors (Lipinski definition) is 6. The molecule has 2 unspecified atom stereocenters. The van der Waals surface area contributed by atoms with Crippen LogP contribution in [0.1, 0.15) is 46.5 Å². The van der Waals surface area contributed by atoms with Gasteiger partial charge in [0, 0.05) is 28.9 Å². The van der Waals surface area contributed by atoms with Crippen LogP contribution in [0.2, 0.25) is 0 Å². The molecule has 4 aromatic rings. The van der Waals surface area contributed by atoms with E-state index in [1.807, 2.05) is 18.3 Å². The van der Waals surface area contributed by atoms with Crippen LogP contribution in [0, 0.1) is 0 Å². The first kappa shape index (κ1) is 21.5. The highest BCUT2D eigenvalue weighted by Gasteiger charge is 2.20. The summed E-state index contributed by atoms with van der Waals surface area (Å²) >= 11 is 0. The van der Waals surface area contributed by atoms with E-state index in [4.69, 9.17) is 9.40 Å². The molecule has 7 nitrogen and oxygen atoms in total. The van der Waals surface area contributed by atoms with Crippen molar-refractivity contribution < 1.29 is 9.52 Å². The molecule has 5 rings (SSSR count). The van der Waals surface area contributed by atoms with Crippen molar-refractivity contribution in [3.05, 3.63) is 55.3 Å². The van der Waals surface area contributed by atoms with Crippen molar-refractivity contribution in [3.63, 3.8) is 0 Å². The summed E-state index contributed by atoms with van der Waals surface area (Å²) in [7, 11) is 0. The maximum absolute atomic E-state index is 10.0. The number of fused-ring (bicyclic) bond motifs is 1. The predicted molar refractivity (Wildman–Crippen MR) is 131 cm³/mol. The van der Waals surface area contributed by atoms with E-state index in [1.54, 1.807) is 12.5 Å². The fourth-order valence-corrected chi connectivity index (χ4v) is 4.50. The van der Waals surface area contributed by atoms with Gasteiger partial charge in [0.2, 0.25) is 0 Å². The maximum Gasteiger partial charge on any atom is 0.137 e. The molecule has 0 spiro atoms. The Hall–Kier alpha value is -3.32. The van der Waals surface area contributed by atoms with Crippen molar-refractivity contribution in [1.29, 1.82) is 0 Å². The lowest BCUT2D eigenvalue weighted by molar-refractivity contribution is 0.124. The fourth-order valence-electron chi connectivity index (χ4n) is 4.50. The van der Waals surface area contributed by atoms with E-state index >= 15 is 0 Å². The number of rotatable bonds is 5. The molecule has 1 aliphatic rings. The van der Waals surface area contributed by atoms with E-state index in [1.165, 1.54) is 0 Å². The minimum Gasteiger partial charge on any atom is -0.472 e. The van der Waals surface area contributed by atoms with Gasteiger partial charge in [-0.2, -0.15) is 0 Å². The molecule has 33 heavy (non-hydrogen) atoms. The minimum absolute atomic E-state index is 0.125. The van der Waals surface area contributed by atoms with E-state index in [0.717, 1.165) is 65.4 Å². The summed E-state index contributed by atoms with van der Waals surface area (Å²) in [6.45, 7) is 6.35. The molecular weight excluding hydrogens is 414 g/mol. The van der Waals surface area contributed by atoms with Gasteiger partial charge < -0.3 is 20.2 Å². The molecule has 3 N–H and O–H groups in total. The van der Waals surface area contributed by atoms with Gasteiger partial charge in [-0.25, -0.2) is 9.97 Å². The molecule has 1 fully saturated rings. The van der Waals surface area contributed by atoms with Crippen molar-refractivity contribution in [2.75, 3.05) is 10.6 Å². The highest BCUT2D eigenvalue weighted by Crippen LogP contribution is 2.31. The van der Waals surface area contributed by atoms with Crippen LogP contribution in [0.4, 0.5) is 11.5 Å². The van der Waals surface area contributed by atoms with Gasteiger partial charge in [-0.1, -0.05) is 0 Å². The topological polar surface area (TPSA) is 87.6 Å². The highest BCUT2D eigenvalue weighted by atomic mass is 16.3. The summed E-state index contributed by atoms with van der Waals surface area (Å²) in [4.78, 5) is 9.44. The number of aliphatic hydroxyl groups is 1. The zero-order valence-electron chi connectivity index (χ0n) is 19.4. The number of pyridine rings is 2. The van der Waals surface area contributed by atoms with Crippen LogP contribution >= 0.6 is 0 Å². The first-order valence-corrected chi connectivity index (χ1v) is 11.6. The number of nitrogens with zero attached hydrogens (tertiary/aromatic N) is 3. The third kappa shape index (κ3) is 4.88. The van der Waals surface area contributed by atoms with Crippen molar-refractivity contribution in [3.8, 4) is 22.5 Å². The van der Waals surface area contributed by atoms with Gasteiger partial charge in [-0.05, 0) is 76.8 Å². The van der Waals surface area contributed by atoms with Crippen molar-refractivity contribution in [2.24, 2.45) is 0 Å². The van der Waals surface area contributed by atoms with Crippen LogP contribution < -0.4 is 10.6 Å². The van der Waals surface area contributed by atoms with Crippen molar-refractivity contribution in [1.82, 2.24) is 14.4 Å². The lowest BCUT2D eigenvalue weighted by Gasteiger charge is -2.27. The average Bonchev–Trinajstić information content (AvgIpc) is 3.42. The van der Waals surface area contributed by atoms with Crippen LogP contribution in [-0.4, -0.2) is 37.2 Å². The van der Waals surface area contributed by atoms with E-state index in [9.17, 15) is 5.11 Å². The average molecular weight is 446 g/mol. The van der Waals surface area contributed by atoms with Gasteiger partial charge in [0.1, 0.15) is 11.5 Å². The molecule has 2 atom stereocenters. The normalized spacial score (nSPS) is 19.0. The summed E-state index contributed by atoms with van der Waals surface area (Å²) in [5.41, 5.74) is 5.56. The highest BCUT2D eigenvalue weighted by molar-refractivity contribution is 5.74. The molecule has 0 aliphatic heterocycles. The lowest BCUT2D eigenvalue weighted by Crippen LogP contribution is -2.29.